The Morgan fingerprint density at radius 3 is 2.46 bits per heavy atom. The molecule has 1 aliphatic rings. The van der Waals surface area contributed by atoms with Crippen molar-refractivity contribution < 1.29 is 19.5 Å². The average molecular weight is 349 g/mol. The average Bonchev–Trinajstić information content (AvgIpc) is 2.87. The van der Waals surface area contributed by atoms with E-state index in [0.29, 0.717) is 18.5 Å². The van der Waals surface area contributed by atoms with Crippen molar-refractivity contribution in [3.05, 3.63) is 76.9 Å². The van der Waals surface area contributed by atoms with Crippen LogP contribution in [0, 0.1) is 0 Å². The van der Waals surface area contributed by atoms with Gasteiger partial charge in [0, 0.05) is 0 Å². The number of anilines is 1. The number of carboxylic acid groups (broad SMARTS) is 1. The second-order valence-corrected chi connectivity index (χ2v) is 6.15. The fourth-order valence-corrected chi connectivity index (χ4v) is 3.39. The molecule has 0 bridgehead atoms. The smallest absolute Gasteiger partial charge is 0.336 e. The van der Waals surface area contributed by atoms with Gasteiger partial charge in [0.1, 0.15) is 0 Å². The number of carbonyl (C=O) groups excluding carboxylic acids is 2. The standard InChI is InChI=1S/C21H19NO4/c1-3-7-13-9-5-10-14(8-4-2)18(13)22-19(23)15-11-6-12-16(21(25)26)17(15)20(22)24/h3,5-6,9-12H,1,4,7-8H2,2H3,(H,25,26). The molecular weight excluding hydrogens is 330 g/mol. The lowest BCUT2D eigenvalue weighted by Gasteiger charge is -2.21. The van der Waals surface area contributed by atoms with Crippen LogP contribution in [-0.4, -0.2) is 22.9 Å². The summed E-state index contributed by atoms with van der Waals surface area (Å²) in [4.78, 5) is 38.7. The minimum atomic E-state index is -1.22. The monoisotopic (exact) mass is 349 g/mol. The fraction of sp³-hybridized carbons (Fsp3) is 0.190. The van der Waals surface area contributed by atoms with Crippen LogP contribution in [0.4, 0.5) is 5.69 Å². The highest BCUT2D eigenvalue weighted by atomic mass is 16.4. The highest BCUT2D eigenvalue weighted by molar-refractivity contribution is 6.36. The fourth-order valence-electron chi connectivity index (χ4n) is 3.39. The molecule has 0 fully saturated rings. The normalized spacial score (nSPS) is 13.0. The first-order valence-electron chi connectivity index (χ1n) is 8.48. The van der Waals surface area contributed by atoms with E-state index < -0.39 is 17.8 Å². The maximum absolute atomic E-state index is 13.1. The van der Waals surface area contributed by atoms with E-state index in [0.717, 1.165) is 22.4 Å². The Bertz CT molecular complexity index is 930. The predicted octanol–water partition coefficient (Wildman–Crippen LogP) is 3.87. The number of rotatable bonds is 6. The van der Waals surface area contributed by atoms with Crippen molar-refractivity contribution in [3.63, 3.8) is 0 Å². The molecule has 0 saturated carbocycles. The second kappa shape index (κ2) is 6.96. The first-order valence-corrected chi connectivity index (χ1v) is 8.48. The third-order valence-corrected chi connectivity index (χ3v) is 4.46. The number of allylic oxidation sites excluding steroid dienone is 1. The molecule has 1 N–H and O–H groups in total. The van der Waals surface area contributed by atoms with Crippen molar-refractivity contribution in [2.24, 2.45) is 0 Å². The van der Waals surface area contributed by atoms with Crippen molar-refractivity contribution in [2.45, 2.75) is 26.2 Å². The van der Waals surface area contributed by atoms with Gasteiger partial charge < -0.3 is 5.11 Å². The summed E-state index contributed by atoms with van der Waals surface area (Å²) >= 11 is 0. The summed E-state index contributed by atoms with van der Waals surface area (Å²) < 4.78 is 0. The minimum absolute atomic E-state index is 0.0409. The van der Waals surface area contributed by atoms with Gasteiger partial charge in [0.25, 0.3) is 11.8 Å². The first kappa shape index (κ1) is 17.6. The number of nitrogens with zero attached hydrogens (tertiary/aromatic N) is 1. The summed E-state index contributed by atoms with van der Waals surface area (Å²) in [5.41, 5.74) is 2.19. The molecule has 0 spiro atoms. The molecule has 5 nitrogen and oxygen atoms in total. The maximum atomic E-state index is 13.1. The van der Waals surface area contributed by atoms with E-state index in [1.807, 2.05) is 25.1 Å². The maximum Gasteiger partial charge on any atom is 0.336 e. The molecule has 0 aromatic heterocycles. The number of aromatic carboxylic acids is 1. The van der Waals surface area contributed by atoms with Gasteiger partial charge in [-0.3, -0.25) is 9.59 Å². The van der Waals surface area contributed by atoms with Gasteiger partial charge in [-0.1, -0.05) is 43.7 Å². The zero-order chi connectivity index (χ0) is 18.8. The lowest BCUT2D eigenvalue weighted by Crippen LogP contribution is -2.31. The largest absolute Gasteiger partial charge is 0.478 e. The number of carboxylic acids is 1. The van der Waals surface area contributed by atoms with Crippen LogP contribution in [0.15, 0.2) is 49.1 Å². The van der Waals surface area contributed by atoms with Crippen LogP contribution >= 0.6 is 0 Å². The summed E-state index contributed by atoms with van der Waals surface area (Å²) in [5.74, 6) is -2.29. The Balaban J connectivity index is 2.22. The van der Waals surface area contributed by atoms with Crippen LogP contribution in [0.3, 0.4) is 0 Å². The Kier molecular flexibility index (Phi) is 4.71. The molecule has 0 saturated heterocycles. The Hall–Kier alpha value is -3.21. The van der Waals surface area contributed by atoms with Crippen molar-refractivity contribution >= 4 is 23.5 Å². The first-order chi connectivity index (χ1) is 12.5. The summed E-state index contributed by atoms with van der Waals surface area (Å²) in [5, 5.41) is 9.39. The van der Waals surface area contributed by atoms with Gasteiger partial charge in [0.15, 0.2) is 0 Å². The molecule has 132 valence electrons. The third-order valence-electron chi connectivity index (χ3n) is 4.46. The van der Waals surface area contributed by atoms with E-state index in [1.165, 1.54) is 18.2 Å². The van der Waals surface area contributed by atoms with Crippen LogP contribution < -0.4 is 4.90 Å². The SMILES string of the molecule is C=CCc1cccc(CCC)c1N1C(=O)c2cccc(C(=O)O)c2C1=O. The Morgan fingerprint density at radius 1 is 1.12 bits per heavy atom. The number of para-hydroxylation sites is 1. The third kappa shape index (κ3) is 2.71. The predicted molar refractivity (Wildman–Crippen MR) is 98.9 cm³/mol. The zero-order valence-corrected chi connectivity index (χ0v) is 14.5. The molecule has 26 heavy (non-hydrogen) atoms. The topological polar surface area (TPSA) is 74.7 Å². The number of hydrogen-bond acceptors (Lipinski definition) is 3. The lowest BCUT2D eigenvalue weighted by atomic mass is 10.00. The van der Waals surface area contributed by atoms with E-state index >= 15 is 0 Å². The van der Waals surface area contributed by atoms with Gasteiger partial charge in [-0.15, -0.1) is 6.58 Å². The Morgan fingerprint density at radius 2 is 1.81 bits per heavy atom. The molecule has 0 aliphatic carbocycles. The van der Waals surface area contributed by atoms with Crippen LogP contribution in [0.2, 0.25) is 0 Å². The number of aryl methyl sites for hydroxylation is 1. The number of benzene rings is 2. The molecule has 2 aromatic carbocycles. The summed E-state index contributed by atoms with van der Waals surface area (Å²) in [6.07, 6.45) is 3.79. The molecule has 5 heteroatoms. The van der Waals surface area contributed by atoms with E-state index in [-0.39, 0.29) is 16.7 Å². The number of hydrogen-bond donors (Lipinski definition) is 1. The molecule has 0 unspecified atom stereocenters. The number of imide groups is 1. The molecule has 0 atom stereocenters. The van der Waals surface area contributed by atoms with Gasteiger partial charge in [-0.25, -0.2) is 9.69 Å². The molecule has 1 heterocycles. The van der Waals surface area contributed by atoms with Crippen LogP contribution in [-0.2, 0) is 12.8 Å². The highest BCUT2D eigenvalue weighted by Gasteiger charge is 2.41. The van der Waals surface area contributed by atoms with Gasteiger partial charge in [0.2, 0.25) is 0 Å². The summed E-state index contributed by atoms with van der Waals surface area (Å²) in [7, 11) is 0. The number of amides is 2. The molecule has 1 aliphatic heterocycles. The van der Waals surface area contributed by atoms with Gasteiger partial charge >= 0.3 is 5.97 Å². The summed E-state index contributed by atoms with van der Waals surface area (Å²) in [6.45, 7) is 5.77. The summed E-state index contributed by atoms with van der Waals surface area (Å²) in [6, 6.07) is 9.98. The van der Waals surface area contributed by atoms with Crippen molar-refractivity contribution in [3.8, 4) is 0 Å². The molecule has 2 amide bonds. The van der Waals surface area contributed by atoms with Gasteiger partial charge in [0.05, 0.1) is 22.4 Å². The van der Waals surface area contributed by atoms with E-state index in [2.05, 4.69) is 6.58 Å². The quantitative estimate of drug-likeness (QED) is 0.635. The van der Waals surface area contributed by atoms with Crippen molar-refractivity contribution in [2.75, 3.05) is 4.90 Å². The Labute approximate surface area is 151 Å². The molecular formula is C21H19NO4. The van der Waals surface area contributed by atoms with E-state index in [1.54, 1.807) is 6.08 Å². The zero-order valence-electron chi connectivity index (χ0n) is 14.5. The van der Waals surface area contributed by atoms with E-state index in [9.17, 15) is 19.5 Å². The van der Waals surface area contributed by atoms with E-state index in [4.69, 9.17) is 0 Å². The van der Waals surface area contributed by atoms with Crippen LogP contribution in [0.1, 0.15) is 55.5 Å². The van der Waals surface area contributed by atoms with Crippen molar-refractivity contribution in [1.82, 2.24) is 0 Å². The molecule has 0 radical (unpaired) electrons. The number of fused-ring (bicyclic) bond motifs is 1. The van der Waals surface area contributed by atoms with Crippen molar-refractivity contribution in [1.29, 1.82) is 0 Å². The lowest BCUT2D eigenvalue weighted by molar-refractivity contribution is 0.0692. The molecule has 3 rings (SSSR count). The highest BCUT2D eigenvalue weighted by Crippen LogP contribution is 2.35. The van der Waals surface area contributed by atoms with Gasteiger partial charge in [-0.2, -0.15) is 0 Å². The second-order valence-electron chi connectivity index (χ2n) is 6.15. The van der Waals surface area contributed by atoms with Crippen LogP contribution in [0.5, 0.6) is 0 Å². The number of carbonyl (C=O) groups is 3. The van der Waals surface area contributed by atoms with Gasteiger partial charge in [-0.05, 0) is 36.1 Å². The van der Waals surface area contributed by atoms with Crippen LogP contribution in [0.25, 0.3) is 0 Å². The molecule has 2 aromatic rings. The minimum Gasteiger partial charge on any atom is -0.478 e.